The van der Waals surface area contributed by atoms with Gasteiger partial charge in [-0.05, 0) is 31.7 Å². The smallest absolute Gasteiger partial charge is 0.356 e. The Morgan fingerprint density at radius 1 is 1.33 bits per heavy atom. The van der Waals surface area contributed by atoms with E-state index in [-0.39, 0.29) is 23.0 Å². The summed E-state index contributed by atoms with van der Waals surface area (Å²) in [4.78, 5) is 22.7. The highest BCUT2D eigenvalue weighted by Gasteiger charge is 2.40. The molecule has 2 fully saturated rings. The fourth-order valence-corrected chi connectivity index (χ4v) is 3.47. The van der Waals surface area contributed by atoms with Crippen LogP contribution >= 0.6 is 0 Å². The summed E-state index contributed by atoms with van der Waals surface area (Å²) < 4.78 is 7.42. The zero-order valence-electron chi connectivity index (χ0n) is 12.0. The summed E-state index contributed by atoms with van der Waals surface area (Å²) in [5, 5.41) is 12.8. The van der Waals surface area contributed by atoms with Crippen molar-refractivity contribution in [1.82, 2.24) is 9.78 Å². The Kier molecular flexibility index (Phi) is 3.80. The molecule has 1 unspecified atom stereocenters. The van der Waals surface area contributed by atoms with Crippen molar-refractivity contribution in [2.24, 2.45) is 0 Å². The van der Waals surface area contributed by atoms with Crippen LogP contribution in [0.1, 0.15) is 55.4 Å². The first-order chi connectivity index (χ1) is 10.1. The van der Waals surface area contributed by atoms with Gasteiger partial charge in [0.1, 0.15) is 0 Å². The van der Waals surface area contributed by atoms with Gasteiger partial charge in [0.15, 0.2) is 5.69 Å². The summed E-state index contributed by atoms with van der Waals surface area (Å²) in [5.74, 6) is -1.13. The minimum Gasteiger partial charge on any atom is -0.476 e. The van der Waals surface area contributed by atoms with Crippen LogP contribution in [0.4, 0.5) is 0 Å². The van der Waals surface area contributed by atoms with Gasteiger partial charge in [-0.15, -0.1) is 0 Å². The quantitative estimate of drug-likeness (QED) is 0.919. The SMILES string of the molecule is O=C(O)c1ccc(=O)n(CC2CCC3(CCCCC3)O2)n1. The van der Waals surface area contributed by atoms with E-state index in [0.29, 0.717) is 6.54 Å². The van der Waals surface area contributed by atoms with Gasteiger partial charge in [0.2, 0.25) is 0 Å². The number of hydrogen-bond acceptors (Lipinski definition) is 4. The molecule has 6 heteroatoms. The Labute approximate surface area is 122 Å². The number of nitrogens with zero attached hydrogens (tertiary/aromatic N) is 2. The van der Waals surface area contributed by atoms with Gasteiger partial charge in [-0.25, -0.2) is 9.48 Å². The fourth-order valence-electron chi connectivity index (χ4n) is 3.47. The van der Waals surface area contributed by atoms with Crippen LogP contribution in [-0.2, 0) is 11.3 Å². The molecule has 1 aromatic heterocycles. The fraction of sp³-hybridized carbons (Fsp3) is 0.667. The molecule has 1 aliphatic heterocycles. The molecule has 2 aliphatic rings. The van der Waals surface area contributed by atoms with Gasteiger partial charge >= 0.3 is 5.97 Å². The lowest BCUT2D eigenvalue weighted by Crippen LogP contribution is -2.34. The standard InChI is InChI=1S/C15H20N2O4/c18-13-5-4-12(14(19)20)16-17(13)10-11-6-9-15(21-11)7-2-1-3-8-15/h4-5,11H,1-3,6-10H2,(H,19,20). The lowest BCUT2D eigenvalue weighted by Gasteiger charge is -2.33. The maximum Gasteiger partial charge on any atom is 0.356 e. The van der Waals surface area contributed by atoms with Gasteiger partial charge in [-0.2, -0.15) is 5.10 Å². The van der Waals surface area contributed by atoms with E-state index in [4.69, 9.17) is 9.84 Å². The molecule has 6 nitrogen and oxygen atoms in total. The minimum absolute atomic E-state index is 0.00304. The van der Waals surface area contributed by atoms with E-state index in [2.05, 4.69) is 5.10 Å². The van der Waals surface area contributed by atoms with Crippen LogP contribution in [0.2, 0.25) is 0 Å². The van der Waals surface area contributed by atoms with E-state index in [1.165, 1.54) is 36.1 Å². The molecule has 0 aromatic carbocycles. The molecule has 1 saturated heterocycles. The predicted octanol–water partition coefficient (Wildman–Crippen LogP) is 1.82. The second-order valence-corrected chi connectivity index (χ2v) is 6.07. The number of rotatable bonds is 3. The predicted molar refractivity (Wildman–Crippen MR) is 75.4 cm³/mol. The van der Waals surface area contributed by atoms with Crippen LogP contribution in [0.15, 0.2) is 16.9 Å². The third kappa shape index (κ3) is 3.00. The van der Waals surface area contributed by atoms with Gasteiger partial charge in [0.05, 0.1) is 18.2 Å². The van der Waals surface area contributed by atoms with Crippen LogP contribution in [0, 0.1) is 0 Å². The van der Waals surface area contributed by atoms with E-state index in [1.54, 1.807) is 0 Å². The molecule has 1 N–H and O–H groups in total. The average molecular weight is 292 g/mol. The molecule has 1 aliphatic carbocycles. The summed E-state index contributed by atoms with van der Waals surface area (Å²) in [5.41, 5.74) is -0.398. The number of carbonyl (C=O) groups is 1. The van der Waals surface area contributed by atoms with Crippen LogP contribution in [0.25, 0.3) is 0 Å². The van der Waals surface area contributed by atoms with Crippen molar-refractivity contribution in [3.63, 3.8) is 0 Å². The van der Waals surface area contributed by atoms with Crippen LogP contribution < -0.4 is 5.56 Å². The first kappa shape index (κ1) is 14.3. The molecule has 1 spiro atoms. The highest BCUT2D eigenvalue weighted by molar-refractivity contribution is 5.84. The molecule has 1 saturated carbocycles. The number of aromatic nitrogens is 2. The van der Waals surface area contributed by atoms with E-state index >= 15 is 0 Å². The van der Waals surface area contributed by atoms with E-state index in [9.17, 15) is 9.59 Å². The van der Waals surface area contributed by atoms with Crippen molar-refractivity contribution in [3.8, 4) is 0 Å². The molecular weight excluding hydrogens is 272 g/mol. The second kappa shape index (κ2) is 5.60. The Morgan fingerprint density at radius 2 is 2.10 bits per heavy atom. The maximum absolute atomic E-state index is 11.8. The number of aromatic carboxylic acids is 1. The average Bonchev–Trinajstić information content (AvgIpc) is 2.84. The molecule has 0 radical (unpaired) electrons. The highest BCUT2D eigenvalue weighted by Crippen LogP contribution is 2.42. The normalized spacial score (nSPS) is 24.3. The molecule has 1 aromatic rings. The molecule has 114 valence electrons. The van der Waals surface area contributed by atoms with Gasteiger partial charge < -0.3 is 9.84 Å². The topological polar surface area (TPSA) is 81.4 Å². The van der Waals surface area contributed by atoms with Crippen LogP contribution in [0.5, 0.6) is 0 Å². The summed E-state index contributed by atoms with van der Waals surface area (Å²) in [6, 6.07) is 2.49. The van der Waals surface area contributed by atoms with Crippen molar-refractivity contribution in [1.29, 1.82) is 0 Å². The molecule has 0 bridgehead atoms. The summed E-state index contributed by atoms with van der Waals surface area (Å²) in [6.45, 7) is 0.335. The Morgan fingerprint density at radius 3 is 2.81 bits per heavy atom. The molecule has 2 heterocycles. The first-order valence-corrected chi connectivity index (χ1v) is 7.57. The van der Waals surface area contributed by atoms with E-state index < -0.39 is 5.97 Å². The highest BCUT2D eigenvalue weighted by atomic mass is 16.5. The number of carboxylic acid groups (broad SMARTS) is 1. The van der Waals surface area contributed by atoms with Crippen molar-refractivity contribution in [2.45, 2.75) is 63.2 Å². The molecule has 21 heavy (non-hydrogen) atoms. The third-order valence-corrected chi connectivity index (χ3v) is 4.57. The van der Waals surface area contributed by atoms with Crippen molar-refractivity contribution < 1.29 is 14.6 Å². The van der Waals surface area contributed by atoms with Crippen molar-refractivity contribution in [2.75, 3.05) is 0 Å². The largest absolute Gasteiger partial charge is 0.476 e. The van der Waals surface area contributed by atoms with E-state index in [1.807, 2.05) is 0 Å². The first-order valence-electron chi connectivity index (χ1n) is 7.57. The Hall–Kier alpha value is -1.69. The van der Waals surface area contributed by atoms with Crippen LogP contribution in [0.3, 0.4) is 0 Å². The number of hydrogen-bond donors (Lipinski definition) is 1. The van der Waals surface area contributed by atoms with Crippen molar-refractivity contribution in [3.05, 3.63) is 28.2 Å². The lowest BCUT2D eigenvalue weighted by molar-refractivity contribution is -0.0692. The van der Waals surface area contributed by atoms with Gasteiger partial charge in [0, 0.05) is 6.07 Å². The van der Waals surface area contributed by atoms with Crippen LogP contribution in [-0.4, -0.2) is 32.6 Å². The summed E-state index contributed by atoms with van der Waals surface area (Å²) in [6.07, 6.45) is 7.78. The van der Waals surface area contributed by atoms with Gasteiger partial charge in [-0.3, -0.25) is 4.79 Å². The molecular formula is C15H20N2O4. The summed E-state index contributed by atoms with van der Waals surface area (Å²) >= 11 is 0. The monoisotopic (exact) mass is 292 g/mol. The number of ether oxygens (including phenoxy) is 1. The molecule has 1 atom stereocenters. The van der Waals surface area contributed by atoms with Gasteiger partial charge in [0.25, 0.3) is 5.56 Å². The number of carboxylic acids is 1. The zero-order valence-corrected chi connectivity index (χ0v) is 12.0. The van der Waals surface area contributed by atoms with Crippen molar-refractivity contribution >= 4 is 5.97 Å². The lowest BCUT2D eigenvalue weighted by atomic mass is 9.83. The molecule has 0 amide bonds. The minimum atomic E-state index is -1.13. The molecule has 3 rings (SSSR count). The third-order valence-electron chi connectivity index (χ3n) is 4.57. The zero-order chi connectivity index (χ0) is 14.9. The Balaban J connectivity index is 1.71. The van der Waals surface area contributed by atoms with E-state index in [0.717, 1.165) is 25.7 Å². The second-order valence-electron chi connectivity index (χ2n) is 6.07. The Bertz CT molecular complexity index is 590. The maximum atomic E-state index is 11.8. The summed E-state index contributed by atoms with van der Waals surface area (Å²) in [7, 11) is 0. The van der Waals surface area contributed by atoms with Gasteiger partial charge in [-0.1, -0.05) is 19.3 Å².